The third-order valence-electron chi connectivity index (χ3n) is 5.14. The van der Waals surface area contributed by atoms with Gasteiger partial charge in [-0.3, -0.25) is 4.79 Å². The molecule has 3 rings (SSSR count). The van der Waals surface area contributed by atoms with Gasteiger partial charge < -0.3 is 5.32 Å². The Hall–Kier alpha value is -1.89. The minimum absolute atomic E-state index is 0.0814. The topological polar surface area (TPSA) is 66.5 Å². The number of hydrogen-bond acceptors (Lipinski definition) is 3. The molecule has 0 bridgehead atoms. The average molecular weight is 421 g/mol. The largest absolute Gasteiger partial charge is 0.326 e. The summed E-state index contributed by atoms with van der Waals surface area (Å²) in [6.07, 6.45) is 1.01. The highest BCUT2D eigenvalue weighted by Gasteiger charge is 2.33. The highest BCUT2D eigenvalue weighted by atomic mass is 35.5. The van der Waals surface area contributed by atoms with Crippen molar-refractivity contribution in [3.63, 3.8) is 0 Å². The molecule has 1 aliphatic rings. The fourth-order valence-electron chi connectivity index (χ4n) is 3.84. The van der Waals surface area contributed by atoms with E-state index >= 15 is 0 Å². The predicted molar refractivity (Wildman–Crippen MR) is 112 cm³/mol. The zero-order valence-corrected chi connectivity index (χ0v) is 17.9. The normalized spacial score (nSPS) is 16.1. The van der Waals surface area contributed by atoms with E-state index < -0.39 is 10.0 Å². The Morgan fingerprint density at radius 2 is 1.57 bits per heavy atom. The lowest BCUT2D eigenvalue weighted by atomic mass is 9.97. The molecule has 1 N–H and O–H groups in total. The number of nitrogens with zero attached hydrogens (tertiary/aromatic N) is 1. The summed E-state index contributed by atoms with van der Waals surface area (Å²) in [6.45, 7) is 6.31. The minimum Gasteiger partial charge on any atom is -0.326 e. The fraction of sp³-hybridized carbons (Fsp3) is 0.381. The molecule has 1 heterocycles. The molecule has 1 saturated heterocycles. The summed E-state index contributed by atoms with van der Waals surface area (Å²) >= 11 is 5.86. The summed E-state index contributed by atoms with van der Waals surface area (Å²) in [4.78, 5) is 12.9. The number of nitrogens with one attached hydrogen (secondary N) is 1. The van der Waals surface area contributed by atoms with E-state index in [9.17, 15) is 13.2 Å². The molecule has 28 heavy (non-hydrogen) atoms. The zero-order valence-electron chi connectivity index (χ0n) is 16.3. The Bertz CT molecular complexity index is 956. The summed E-state index contributed by atoms with van der Waals surface area (Å²) in [7, 11) is -3.57. The Labute approximate surface area is 171 Å². The second-order valence-electron chi connectivity index (χ2n) is 7.40. The van der Waals surface area contributed by atoms with Crippen LogP contribution in [0.5, 0.6) is 0 Å². The van der Waals surface area contributed by atoms with Crippen LogP contribution in [-0.4, -0.2) is 31.7 Å². The van der Waals surface area contributed by atoms with Crippen molar-refractivity contribution in [1.29, 1.82) is 0 Å². The number of halogens is 1. The van der Waals surface area contributed by atoms with E-state index in [-0.39, 0.29) is 11.8 Å². The standard InChI is InChI=1S/C21H25ClN2O3S/c1-14-12-15(2)20(16(3)13-14)28(26,27)24-10-8-17(9-11-24)21(25)23-19-6-4-18(22)5-7-19/h4-7,12-13,17H,8-11H2,1-3H3,(H,23,25). The number of aryl methyl sites for hydroxylation is 3. The van der Waals surface area contributed by atoms with E-state index in [4.69, 9.17) is 11.6 Å². The number of carbonyl (C=O) groups is 1. The summed E-state index contributed by atoms with van der Waals surface area (Å²) in [5.41, 5.74) is 3.27. The van der Waals surface area contributed by atoms with Crippen LogP contribution in [0.1, 0.15) is 29.5 Å². The van der Waals surface area contributed by atoms with E-state index in [0.29, 0.717) is 41.5 Å². The van der Waals surface area contributed by atoms with E-state index in [0.717, 1.165) is 16.7 Å². The second kappa shape index (κ2) is 8.23. The van der Waals surface area contributed by atoms with E-state index in [1.165, 1.54) is 4.31 Å². The van der Waals surface area contributed by atoms with Gasteiger partial charge in [-0.15, -0.1) is 0 Å². The van der Waals surface area contributed by atoms with Crippen LogP contribution >= 0.6 is 11.6 Å². The van der Waals surface area contributed by atoms with Crippen LogP contribution in [0.3, 0.4) is 0 Å². The molecule has 7 heteroatoms. The van der Waals surface area contributed by atoms with Gasteiger partial charge in [0.25, 0.3) is 0 Å². The van der Waals surface area contributed by atoms with Gasteiger partial charge in [-0.05, 0) is 69.0 Å². The van der Waals surface area contributed by atoms with Crippen LogP contribution in [-0.2, 0) is 14.8 Å². The highest BCUT2D eigenvalue weighted by Crippen LogP contribution is 2.29. The van der Waals surface area contributed by atoms with Gasteiger partial charge in [0.1, 0.15) is 0 Å². The lowest BCUT2D eigenvalue weighted by Gasteiger charge is -2.31. The van der Waals surface area contributed by atoms with Gasteiger partial charge in [0.15, 0.2) is 0 Å². The van der Waals surface area contributed by atoms with Gasteiger partial charge in [0.2, 0.25) is 15.9 Å². The first-order valence-corrected chi connectivity index (χ1v) is 11.1. The number of sulfonamides is 1. The molecule has 0 unspecified atom stereocenters. The number of rotatable bonds is 4. The Morgan fingerprint density at radius 1 is 1.04 bits per heavy atom. The van der Waals surface area contributed by atoms with Crippen molar-refractivity contribution in [2.75, 3.05) is 18.4 Å². The third-order valence-corrected chi connectivity index (χ3v) is 7.60. The Morgan fingerprint density at radius 3 is 2.11 bits per heavy atom. The Kier molecular flexibility index (Phi) is 6.12. The molecular weight excluding hydrogens is 396 g/mol. The van der Waals surface area contributed by atoms with Crippen LogP contribution in [0.4, 0.5) is 5.69 Å². The molecule has 150 valence electrons. The number of piperidine rings is 1. The van der Waals surface area contributed by atoms with Gasteiger partial charge in [0, 0.05) is 29.7 Å². The highest BCUT2D eigenvalue weighted by molar-refractivity contribution is 7.89. The fourth-order valence-corrected chi connectivity index (χ4v) is 5.85. The first-order valence-electron chi connectivity index (χ1n) is 9.33. The predicted octanol–water partition coefficient (Wildman–Crippen LogP) is 4.30. The van der Waals surface area contributed by atoms with Crippen molar-refractivity contribution in [1.82, 2.24) is 4.31 Å². The Balaban J connectivity index is 1.68. The van der Waals surface area contributed by atoms with Crippen molar-refractivity contribution in [3.8, 4) is 0 Å². The summed E-state index contributed by atoms with van der Waals surface area (Å²) < 4.78 is 27.8. The average Bonchev–Trinajstić information content (AvgIpc) is 2.62. The van der Waals surface area contributed by atoms with Crippen LogP contribution in [0.25, 0.3) is 0 Å². The van der Waals surface area contributed by atoms with Crippen LogP contribution < -0.4 is 5.32 Å². The monoisotopic (exact) mass is 420 g/mol. The third kappa shape index (κ3) is 4.40. The van der Waals surface area contributed by atoms with E-state index in [1.54, 1.807) is 24.3 Å². The number of amides is 1. The van der Waals surface area contributed by atoms with Crippen molar-refractivity contribution >= 4 is 33.2 Å². The maximum atomic E-state index is 13.2. The molecule has 1 amide bonds. The number of carbonyl (C=O) groups excluding carboxylic acids is 1. The molecule has 2 aromatic rings. The minimum atomic E-state index is -3.57. The lowest BCUT2D eigenvalue weighted by Crippen LogP contribution is -2.41. The molecule has 0 atom stereocenters. The second-order valence-corrected chi connectivity index (χ2v) is 9.71. The number of hydrogen-bond donors (Lipinski definition) is 1. The molecular formula is C21H25ClN2O3S. The molecule has 0 spiro atoms. The van der Waals surface area contributed by atoms with E-state index in [2.05, 4.69) is 5.32 Å². The summed E-state index contributed by atoms with van der Waals surface area (Å²) in [5.74, 6) is -0.288. The number of anilines is 1. The SMILES string of the molecule is Cc1cc(C)c(S(=O)(=O)N2CCC(C(=O)Nc3ccc(Cl)cc3)CC2)c(C)c1. The molecule has 0 aliphatic carbocycles. The summed E-state index contributed by atoms with van der Waals surface area (Å²) in [6, 6.07) is 10.7. The van der Waals surface area contributed by atoms with Gasteiger partial charge in [0.05, 0.1) is 4.90 Å². The lowest BCUT2D eigenvalue weighted by molar-refractivity contribution is -0.120. The zero-order chi connectivity index (χ0) is 20.5. The van der Waals surface area contributed by atoms with Crippen molar-refractivity contribution in [3.05, 3.63) is 58.1 Å². The maximum Gasteiger partial charge on any atom is 0.243 e. The van der Waals surface area contributed by atoms with Crippen molar-refractivity contribution < 1.29 is 13.2 Å². The molecule has 2 aromatic carbocycles. The van der Waals surface area contributed by atoms with Gasteiger partial charge in [-0.25, -0.2) is 8.42 Å². The quantitative estimate of drug-likeness (QED) is 0.801. The van der Waals surface area contributed by atoms with Crippen LogP contribution in [0.15, 0.2) is 41.3 Å². The smallest absolute Gasteiger partial charge is 0.243 e. The molecule has 0 saturated carbocycles. The van der Waals surface area contributed by atoms with Gasteiger partial charge in [-0.1, -0.05) is 29.3 Å². The first-order chi connectivity index (χ1) is 13.2. The number of benzene rings is 2. The van der Waals surface area contributed by atoms with Crippen LogP contribution in [0.2, 0.25) is 5.02 Å². The maximum absolute atomic E-state index is 13.2. The molecule has 1 fully saturated rings. The molecule has 1 aliphatic heterocycles. The van der Waals surface area contributed by atoms with Crippen molar-refractivity contribution in [2.24, 2.45) is 5.92 Å². The molecule has 0 radical (unpaired) electrons. The summed E-state index contributed by atoms with van der Waals surface area (Å²) in [5, 5.41) is 3.49. The van der Waals surface area contributed by atoms with E-state index in [1.807, 2.05) is 32.9 Å². The molecule has 0 aromatic heterocycles. The van der Waals surface area contributed by atoms with Gasteiger partial charge >= 0.3 is 0 Å². The first kappa shape index (κ1) is 20.8. The molecule has 5 nitrogen and oxygen atoms in total. The van der Waals surface area contributed by atoms with Gasteiger partial charge in [-0.2, -0.15) is 4.31 Å². The van der Waals surface area contributed by atoms with Crippen LogP contribution in [0, 0.1) is 26.7 Å². The van der Waals surface area contributed by atoms with Crippen molar-refractivity contribution in [2.45, 2.75) is 38.5 Å².